The van der Waals surface area contributed by atoms with Crippen LogP contribution in [-0.2, 0) is 0 Å². The van der Waals surface area contributed by atoms with E-state index in [-0.39, 0.29) is 5.69 Å². The SMILES string of the molecule is COc1ccc2ccccc2c1/C=C/c1[nH]c(=O)[nH]c(=O)c1[N+](=O)[O-]. The second-order valence-corrected chi connectivity index (χ2v) is 5.16. The molecule has 2 N–H and O–H groups in total. The smallest absolute Gasteiger partial charge is 0.357 e. The molecule has 0 atom stereocenters. The molecule has 3 aromatic rings. The van der Waals surface area contributed by atoms with Gasteiger partial charge in [-0.3, -0.25) is 19.9 Å². The molecule has 0 spiro atoms. The van der Waals surface area contributed by atoms with Crippen molar-refractivity contribution in [2.45, 2.75) is 0 Å². The van der Waals surface area contributed by atoms with Crippen LogP contribution in [0.3, 0.4) is 0 Å². The number of rotatable bonds is 4. The summed E-state index contributed by atoms with van der Waals surface area (Å²) in [6, 6.07) is 11.2. The summed E-state index contributed by atoms with van der Waals surface area (Å²) in [5.74, 6) is 0.560. The van der Waals surface area contributed by atoms with Crippen LogP contribution in [0.2, 0.25) is 0 Å². The predicted octanol–water partition coefficient (Wildman–Crippen LogP) is 2.30. The molecular formula is C17H13N3O5. The number of nitrogens with zero attached hydrogens (tertiary/aromatic N) is 1. The number of H-pyrrole nitrogens is 2. The summed E-state index contributed by atoms with van der Waals surface area (Å²) >= 11 is 0. The van der Waals surface area contributed by atoms with Gasteiger partial charge >= 0.3 is 16.9 Å². The molecule has 0 saturated carbocycles. The highest BCUT2D eigenvalue weighted by Gasteiger charge is 2.19. The lowest BCUT2D eigenvalue weighted by molar-refractivity contribution is -0.386. The number of fused-ring (bicyclic) bond motifs is 1. The van der Waals surface area contributed by atoms with Crippen LogP contribution in [0.5, 0.6) is 5.75 Å². The highest BCUT2D eigenvalue weighted by atomic mass is 16.6. The average molecular weight is 339 g/mol. The molecule has 0 aliphatic carbocycles. The lowest BCUT2D eigenvalue weighted by Crippen LogP contribution is -2.25. The summed E-state index contributed by atoms with van der Waals surface area (Å²) in [6.45, 7) is 0. The maximum Gasteiger partial charge on any atom is 0.357 e. The minimum atomic E-state index is -1.06. The van der Waals surface area contributed by atoms with Crippen LogP contribution in [0.15, 0.2) is 46.0 Å². The second kappa shape index (κ2) is 6.44. The van der Waals surface area contributed by atoms with Crippen LogP contribution in [0, 0.1) is 10.1 Å². The Morgan fingerprint density at radius 1 is 1.08 bits per heavy atom. The molecule has 0 unspecified atom stereocenters. The standard InChI is InChI=1S/C17H13N3O5/c1-25-14-9-6-10-4-2-3-5-11(10)12(14)7-8-13-15(20(23)24)16(21)19-17(22)18-13/h2-9H,1H3,(H2,18,19,21,22)/b8-7+. The van der Waals surface area contributed by atoms with Crippen molar-refractivity contribution in [1.82, 2.24) is 9.97 Å². The van der Waals surface area contributed by atoms with Gasteiger partial charge in [0.2, 0.25) is 0 Å². The van der Waals surface area contributed by atoms with Gasteiger partial charge in [0.25, 0.3) is 0 Å². The zero-order valence-electron chi connectivity index (χ0n) is 13.1. The van der Waals surface area contributed by atoms with Crippen LogP contribution in [0.25, 0.3) is 22.9 Å². The first-order chi connectivity index (χ1) is 12.0. The number of nitrogens with one attached hydrogen (secondary N) is 2. The first-order valence-electron chi connectivity index (χ1n) is 7.26. The highest BCUT2D eigenvalue weighted by Crippen LogP contribution is 2.29. The summed E-state index contributed by atoms with van der Waals surface area (Å²) in [5.41, 5.74) is -2.11. The predicted molar refractivity (Wildman–Crippen MR) is 93.8 cm³/mol. The van der Waals surface area contributed by atoms with Gasteiger partial charge in [-0.1, -0.05) is 30.3 Å². The molecular weight excluding hydrogens is 326 g/mol. The van der Waals surface area contributed by atoms with Crippen LogP contribution in [-0.4, -0.2) is 22.0 Å². The van der Waals surface area contributed by atoms with Crippen molar-refractivity contribution in [1.29, 1.82) is 0 Å². The van der Waals surface area contributed by atoms with Crippen molar-refractivity contribution in [3.8, 4) is 5.75 Å². The van der Waals surface area contributed by atoms with Gasteiger partial charge in [0.05, 0.1) is 12.0 Å². The molecule has 2 aromatic carbocycles. The summed E-state index contributed by atoms with van der Waals surface area (Å²) in [4.78, 5) is 37.5. The number of benzene rings is 2. The molecule has 1 heterocycles. The van der Waals surface area contributed by atoms with Crippen molar-refractivity contribution < 1.29 is 9.66 Å². The summed E-state index contributed by atoms with van der Waals surface area (Å²) in [7, 11) is 1.51. The van der Waals surface area contributed by atoms with E-state index in [4.69, 9.17) is 4.74 Å². The number of aromatic amines is 2. The molecule has 1 aromatic heterocycles. The fraction of sp³-hybridized carbons (Fsp3) is 0.0588. The Morgan fingerprint density at radius 3 is 2.56 bits per heavy atom. The minimum Gasteiger partial charge on any atom is -0.496 e. The Kier molecular flexibility index (Phi) is 4.17. The van der Waals surface area contributed by atoms with Gasteiger partial charge in [-0.15, -0.1) is 0 Å². The monoisotopic (exact) mass is 339 g/mol. The van der Waals surface area contributed by atoms with Crippen LogP contribution >= 0.6 is 0 Å². The Morgan fingerprint density at radius 2 is 1.84 bits per heavy atom. The Hall–Kier alpha value is -3.68. The maximum atomic E-state index is 11.7. The van der Waals surface area contributed by atoms with Crippen molar-refractivity contribution in [3.05, 3.63) is 78.6 Å². The largest absolute Gasteiger partial charge is 0.496 e. The topological polar surface area (TPSA) is 118 Å². The van der Waals surface area contributed by atoms with E-state index in [1.165, 1.54) is 13.2 Å². The molecule has 0 radical (unpaired) electrons. The quantitative estimate of drug-likeness (QED) is 0.558. The highest BCUT2D eigenvalue weighted by molar-refractivity contribution is 5.95. The second-order valence-electron chi connectivity index (χ2n) is 5.16. The zero-order chi connectivity index (χ0) is 18.0. The molecule has 8 nitrogen and oxygen atoms in total. The molecule has 0 fully saturated rings. The van der Waals surface area contributed by atoms with Gasteiger partial charge < -0.3 is 9.72 Å². The Balaban J connectivity index is 2.22. The first kappa shape index (κ1) is 16.2. The number of nitro groups is 1. The van der Waals surface area contributed by atoms with Gasteiger partial charge in [0.15, 0.2) is 0 Å². The zero-order valence-corrected chi connectivity index (χ0v) is 13.1. The van der Waals surface area contributed by atoms with E-state index in [1.54, 1.807) is 12.1 Å². The Bertz CT molecular complexity index is 1110. The molecule has 0 amide bonds. The Labute approximate surface area is 140 Å². The van der Waals surface area contributed by atoms with Gasteiger partial charge in [-0.05, 0) is 29.0 Å². The molecule has 25 heavy (non-hydrogen) atoms. The van der Waals surface area contributed by atoms with Crippen LogP contribution in [0.4, 0.5) is 5.69 Å². The fourth-order valence-electron chi connectivity index (χ4n) is 2.59. The van der Waals surface area contributed by atoms with Crippen molar-refractivity contribution in [2.24, 2.45) is 0 Å². The molecule has 3 rings (SSSR count). The van der Waals surface area contributed by atoms with E-state index in [1.807, 2.05) is 35.3 Å². The van der Waals surface area contributed by atoms with E-state index in [0.29, 0.717) is 11.3 Å². The third-order valence-corrected chi connectivity index (χ3v) is 3.70. The molecule has 0 aliphatic heterocycles. The number of hydrogen-bond acceptors (Lipinski definition) is 5. The van der Waals surface area contributed by atoms with E-state index in [2.05, 4.69) is 4.98 Å². The lowest BCUT2D eigenvalue weighted by Gasteiger charge is -2.08. The maximum absolute atomic E-state index is 11.7. The van der Waals surface area contributed by atoms with E-state index in [0.717, 1.165) is 10.8 Å². The summed E-state index contributed by atoms with van der Waals surface area (Å²) in [5, 5.41) is 12.9. The van der Waals surface area contributed by atoms with E-state index >= 15 is 0 Å². The first-order valence-corrected chi connectivity index (χ1v) is 7.26. The number of aromatic nitrogens is 2. The number of ether oxygens (including phenoxy) is 1. The molecule has 0 aliphatic rings. The number of hydrogen-bond donors (Lipinski definition) is 2. The molecule has 0 saturated heterocycles. The normalized spacial score (nSPS) is 11.1. The van der Waals surface area contributed by atoms with E-state index in [9.17, 15) is 19.7 Å². The third kappa shape index (κ3) is 3.05. The van der Waals surface area contributed by atoms with Gasteiger partial charge in [0, 0.05) is 5.56 Å². The molecule has 8 heteroatoms. The van der Waals surface area contributed by atoms with Gasteiger partial charge in [0.1, 0.15) is 11.4 Å². The summed E-state index contributed by atoms with van der Waals surface area (Å²) < 4.78 is 5.34. The molecule has 126 valence electrons. The van der Waals surface area contributed by atoms with Crippen molar-refractivity contribution in [3.63, 3.8) is 0 Å². The molecule has 0 bridgehead atoms. The summed E-state index contributed by atoms with van der Waals surface area (Å²) in [6.07, 6.45) is 2.89. The fourth-order valence-corrected chi connectivity index (χ4v) is 2.59. The number of methoxy groups -OCH3 is 1. The van der Waals surface area contributed by atoms with E-state index < -0.39 is 21.9 Å². The van der Waals surface area contributed by atoms with Crippen LogP contribution in [0.1, 0.15) is 11.3 Å². The third-order valence-electron chi connectivity index (χ3n) is 3.70. The van der Waals surface area contributed by atoms with Crippen molar-refractivity contribution >= 4 is 28.6 Å². The van der Waals surface area contributed by atoms with Crippen molar-refractivity contribution in [2.75, 3.05) is 7.11 Å². The average Bonchev–Trinajstić information content (AvgIpc) is 2.58. The van der Waals surface area contributed by atoms with Gasteiger partial charge in [-0.2, -0.15) is 0 Å². The lowest BCUT2D eigenvalue weighted by atomic mass is 10.0. The van der Waals surface area contributed by atoms with Gasteiger partial charge in [-0.25, -0.2) is 4.79 Å². The van der Waals surface area contributed by atoms with Crippen LogP contribution < -0.4 is 16.0 Å². The minimum absolute atomic E-state index is 0.186.